The van der Waals surface area contributed by atoms with E-state index in [1.807, 2.05) is 30.1 Å². The summed E-state index contributed by atoms with van der Waals surface area (Å²) in [6, 6.07) is 6.98. The Kier molecular flexibility index (Phi) is 2.59. The van der Waals surface area contributed by atoms with Crippen molar-refractivity contribution in [3.05, 3.63) is 42.2 Å². The summed E-state index contributed by atoms with van der Waals surface area (Å²) in [7, 11) is 3.28. The molecule has 0 bridgehead atoms. The largest absolute Gasteiger partial charge is 0.465 e. The number of benzene rings is 1. The second-order valence-electron chi connectivity index (χ2n) is 4.26. The number of oxazole rings is 1. The fraction of sp³-hybridized carbons (Fsp3) is 0.143. The average Bonchev–Trinajstić information content (AvgIpc) is 3.02. The number of carbonyl (C=O) groups is 1. The van der Waals surface area contributed by atoms with Crippen LogP contribution >= 0.6 is 0 Å². The maximum Gasteiger partial charge on any atom is 0.337 e. The molecule has 0 atom stereocenters. The van der Waals surface area contributed by atoms with E-state index in [1.54, 1.807) is 18.2 Å². The molecule has 0 spiro atoms. The highest BCUT2D eigenvalue weighted by Crippen LogP contribution is 2.25. The average molecular weight is 256 g/mol. The van der Waals surface area contributed by atoms with Crippen LogP contribution in [-0.4, -0.2) is 22.6 Å². The molecule has 1 aromatic carbocycles. The van der Waals surface area contributed by atoms with Crippen molar-refractivity contribution < 1.29 is 13.9 Å². The van der Waals surface area contributed by atoms with Crippen LogP contribution in [0.5, 0.6) is 0 Å². The topological polar surface area (TPSA) is 57.3 Å². The van der Waals surface area contributed by atoms with Gasteiger partial charge in [0.05, 0.1) is 18.2 Å². The van der Waals surface area contributed by atoms with Gasteiger partial charge in [0.1, 0.15) is 5.52 Å². The first-order valence-corrected chi connectivity index (χ1v) is 5.78. The number of carbonyl (C=O) groups excluding carboxylic acids is 1. The molecule has 0 amide bonds. The second-order valence-corrected chi connectivity index (χ2v) is 4.26. The Morgan fingerprint density at radius 3 is 2.89 bits per heavy atom. The predicted molar refractivity (Wildman–Crippen MR) is 69.8 cm³/mol. The van der Waals surface area contributed by atoms with Crippen molar-refractivity contribution in [2.24, 2.45) is 7.05 Å². The molecule has 0 unspecified atom stereocenters. The van der Waals surface area contributed by atoms with Crippen LogP contribution in [0.4, 0.5) is 0 Å². The molecule has 2 heterocycles. The van der Waals surface area contributed by atoms with E-state index >= 15 is 0 Å². The lowest BCUT2D eigenvalue weighted by molar-refractivity contribution is 0.0601. The number of methoxy groups -OCH3 is 1. The molecule has 0 aliphatic rings. The van der Waals surface area contributed by atoms with E-state index in [0.717, 1.165) is 5.56 Å². The molecule has 96 valence electrons. The SMILES string of the molecule is COC(=O)c1ccc2nc(-c3ccn(C)c3)oc2c1. The van der Waals surface area contributed by atoms with Gasteiger partial charge in [-0.15, -0.1) is 0 Å². The van der Waals surface area contributed by atoms with Crippen LogP contribution in [0.15, 0.2) is 41.1 Å². The molecule has 19 heavy (non-hydrogen) atoms. The number of nitrogens with zero attached hydrogens (tertiary/aromatic N) is 2. The van der Waals surface area contributed by atoms with Gasteiger partial charge in [-0.1, -0.05) is 0 Å². The molecule has 0 aliphatic carbocycles. The Bertz CT molecular complexity index is 755. The first-order valence-electron chi connectivity index (χ1n) is 5.78. The maximum atomic E-state index is 11.4. The van der Waals surface area contributed by atoms with Gasteiger partial charge in [-0.25, -0.2) is 9.78 Å². The van der Waals surface area contributed by atoms with Crippen molar-refractivity contribution in [3.8, 4) is 11.5 Å². The molecule has 0 saturated heterocycles. The fourth-order valence-corrected chi connectivity index (χ4v) is 1.92. The van der Waals surface area contributed by atoms with Gasteiger partial charge in [-0.3, -0.25) is 0 Å². The molecule has 0 fully saturated rings. The van der Waals surface area contributed by atoms with E-state index in [-0.39, 0.29) is 5.97 Å². The van der Waals surface area contributed by atoms with Crippen LogP contribution in [0, 0.1) is 0 Å². The zero-order valence-corrected chi connectivity index (χ0v) is 10.6. The molecular formula is C14H12N2O3. The number of esters is 1. The molecule has 0 aliphatic heterocycles. The van der Waals surface area contributed by atoms with Crippen LogP contribution in [0.1, 0.15) is 10.4 Å². The van der Waals surface area contributed by atoms with Crippen molar-refractivity contribution in [3.63, 3.8) is 0 Å². The number of fused-ring (bicyclic) bond motifs is 1. The van der Waals surface area contributed by atoms with Gasteiger partial charge in [-0.2, -0.15) is 0 Å². The minimum absolute atomic E-state index is 0.389. The van der Waals surface area contributed by atoms with Gasteiger partial charge in [0.25, 0.3) is 0 Å². The molecule has 3 rings (SSSR count). The van der Waals surface area contributed by atoms with Crippen LogP contribution in [-0.2, 0) is 11.8 Å². The Labute approximate surface area is 109 Å². The number of hydrogen-bond acceptors (Lipinski definition) is 4. The third kappa shape index (κ3) is 1.99. The van der Waals surface area contributed by atoms with Crippen molar-refractivity contribution in [1.29, 1.82) is 0 Å². The van der Waals surface area contributed by atoms with Crippen LogP contribution in [0.25, 0.3) is 22.6 Å². The van der Waals surface area contributed by atoms with Gasteiger partial charge in [0.2, 0.25) is 5.89 Å². The zero-order valence-electron chi connectivity index (χ0n) is 10.6. The minimum Gasteiger partial charge on any atom is -0.465 e. The highest BCUT2D eigenvalue weighted by Gasteiger charge is 2.12. The number of aryl methyl sites for hydroxylation is 1. The number of rotatable bonds is 2. The molecule has 0 radical (unpaired) electrons. The normalized spacial score (nSPS) is 10.8. The number of ether oxygens (including phenoxy) is 1. The van der Waals surface area contributed by atoms with E-state index in [1.165, 1.54) is 7.11 Å². The fourth-order valence-electron chi connectivity index (χ4n) is 1.92. The number of aromatic nitrogens is 2. The molecule has 5 nitrogen and oxygen atoms in total. The predicted octanol–water partition coefficient (Wildman–Crippen LogP) is 2.62. The van der Waals surface area contributed by atoms with E-state index in [0.29, 0.717) is 22.6 Å². The molecule has 2 aromatic heterocycles. The Hall–Kier alpha value is -2.56. The third-order valence-corrected chi connectivity index (χ3v) is 2.89. The van der Waals surface area contributed by atoms with Crippen molar-refractivity contribution in [2.45, 2.75) is 0 Å². The maximum absolute atomic E-state index is 11.4. The minimum atomic E-state index is -0.389. The van der Waals surface area contributed by atoms with Crippen molar-refractivity contribution in [1.82, 2.24) is 9.55 Å². The lowest BCUT2D eigenvalue weighted by Gasteiger charge is -1.96. The highest BCUT2D eigenvalue weighted by atomic mass is 16.5. The van der Waals surface area contributed by atoms with Crippen molar-refractivity contribution in [2.75, 3.05) is 7.11 Å². The smallest absolute Gasteiger partial charge is 0.337 e. The first kappa shape index (κ1) is 11.5. The summed E-state index contributed by atoms with van der Waals surface area (Å²) < 4.78 is 12.3. The molecular weight excluding hydrogens is 244 g/mol. The Morgan fingerprint density at radius 1 is 1.37 bits per heavy atom. The van der Waals surface area contributed by atoms with Crippen molar-refractivity contribution >= 4 is 17.1 Å². The molecule has 0 N–H and O–H groups in total. The lowest BCUT2D eigenvalue weighted by atomic mass is 10.2. The summed E-state index contributed by atoms with van der Waals surface area (Å²) >= 11 is 0. The van der Waals surface area contributed by atoms with Gasteiger partial charge in [0, 0.05) is 19.4 Å². The summed E-state index contributed by atoms with van der Waals surface area (Å²) in [5.74, 6) is 0.150. The van der Waals surface area contributed by atoms with Gasteiger partial charge < -0.3 is 13.7 Å². The van der Waals surface area contributed by atoms with Crippen LogP contribution < -0.4 is 0 Å². The number of hydrogen-bond donors (Lipinski definition) is 0. The van der Waals surface area contributed by atoms with Crippen LogP contribution in [0.3, 0.4) is 0 Å². The summed E-state index contributed by atoms with van der Waals surface area (Å²) in [5.41, 5.74) is 2.64. The summed E-state index contributed by atoms with van der Waals surface area (Å²) in [6.07, 6.45) is 3.84. The standard InChI is InChI=1S/C14H12N2O3/c1-16-6-5-10(8-16)13-15-11-4-3-9(14(17)18-2)7-12(11)19-13/h3-8H,1-2H3. The molecule has 0 saturated carbocycles. The Balaban J connectivity index is 2.08. The third-order valence-electron chi connectivity index (χ3n) is 2.89. The lowest BCUT2D eigenvalue weighted by Crippen LogP contribution is -2.00. The quantitative estimate of drug-likeness (QED) is 0.661. The summed E-state index contributed by atoms with van der Waals surface area (Å²) in [4.78, 5) is 15.8. The monoisotopic (exact) mass is 256 g/mol. The zero-order chi connectivity index (χ0) is 13.4. The van der Waals surface area contributed by atoms with Gasteiger partial charge >= 0.3 is 5.97 Å². The summed E-state index contributed by atoms with van der Waals surface area (Å²) in [5, 5.41) is 0. The molecule has 5 heteroatoms. The summed E-state index contributed by atoms with van der Waals surface area (Å²) in [6.45, 7) is 0. The van der Waals surface area contributed by atoms with E-state index in [2.05, 4.69) is 9.72 Å². The van der Waals surface area contributed by atoms with Gasteiger partial charge in [-0.05, 0) is 24.3 Å². The molecule has 3 aromatic rings. The first-order chi connectivity index (χ1) is 9.17. The van der Waals surface area contributed by atoms with E-state index < -0.39 is 0 Å². The van der Waals surface area contributed by atoms with E-state index in [9.17, 15) is 4.79 Å². The Morgan fingerprint density at radius 2 is 2.21 bits per heavy atom. The van der Waals surface area contributed by atoms with Gasteiger partial charge in [0.15, 0.2) is 5.58 Å². The highest BCUT2D eigenvalue weighted by molar-refractivity contribution is 5.93. The van der Waals surface area contributed by atoms with Crippen LogP contribution in [0.2, 0.25) is 0 Å². The van der Waals surface area contributed by atoms with E-state index in [4.69, 9.17) is 4.42 Å². The second kappa shape index (κ2) is 4.28.